The summed E-state index contributed by atoms with van der Waals surface area (Å²) in [5.41, 5.74) is 3.59. The smallest absolute Gasteiger partial charge is 0.401 e. The predicted molar refractivity (Wildman–Crippen MR) is 127 cm³/mol. The monoisotopic (exact) mass is 552 g/mol. The zero-order valence-electron chi connectivity index (χ0n) is 20.6. The number of ether oxygens (including phenoxy) is 1. The Hall–Kier alpha value is -0.946. The van der Waals surface area contributed by atoms with Crippen LogP contribution < -0.4 is 4.74 Å². The van der Waals surface area contributed by atoms with Crippen LogP contribution in [0, 0.1) is 13.8 Å². The molecule has 0 aliphatic carbocycles. The minimum atomic E-state index is -4.13. The van der Waals surface area contributed by atoms with Crippen molar-refractivity contribution in [2.45, 2.75) is 52.3 Å². The van der Waals surface area contributed by atoms with E-state index in [2.05, 4.69) is 38.1 Å². The van der Waals surface area contributed by atoms with Crippen LogP contribution in [0.3, 0.4) is 0 Å². The van der Waals surface area contributed by atoms with Gasteiger partial charge in [-0.1, -0.05) is 48.5 Å². The van der Waals surface area contributed by atoms with Gasteiger partial charge in [0.15, 0.2) is 0 Å². The summed E-state index contributed by atoms with van der Waals surface area (Å²) < 4.78 is 45.8. The largest absolute Gasteiger partial charge is 0.493 e. The minimum absolute atomic E-state index is 0. The fraction of sp³-hybridized carbons (Fsp3) is 0.556. The molecule has 3 nitrogen and oxygen atoms in total. The first-order valence-electron chi connectivity index (χ1n) is 12.1. The normalized spacial score (nSPS) is 19.3. The van der Waals surface area contributed by atoms with Gasteiger partial charge in [0, 0.05) is 57.8 Å². The molecular weight excluding hydrogens is 514 g/mol. The van der Waals surface area contributed by atoms with Gasteiger partial charge >= 0.3 is 6.18 Å². The molecule has 2 aromatic carbocycles. The van der Waals surface area contributed by atoms with E-state index in [0.717, 1.165) is 73.2 Å². The molecule has 3 rings (SSSR count). The van der Waals surface area contributed by atoms with Crippen LogP contribution in [-0.4, -0.2) is 61.4 Å². The van der Waals surface area contributed by atoms with E-state index >= 15 is 0 Å². The number of para-hydroxylation sites is 1. The molecule has 1 fully saturated rings. The number of unbranched alkanes of at least 4 members (excludes halogenated alkanes) is 2. The zero-order valence-corrected chi connectivity index (χ0v) is 23.5. The van der Waals surface area contributed by atoms with Gasteiger partial charge < -0.3 is 9.22 Å². The Morgan fingerprint density at radius 3 is 2.26 bits per heavy atom. The Labute approximate surface area is 228 Å². The maximum Gasteiger partial charge on any atom is 0.401 e. The van der Waals surface area contributed by atoms with E-state index in [0.29, 0.717) is 19.7 Å². The van der Waals surface area contributed by atoms with Gasteiger partial charge in [0.05, 0.1) is 32.8 Å². The molecule has 1 radical (unpaired) electrons. The molecule has 34 heavy (non-hydrogen) atoms. The third kappa shape index (κ3) is 9.60. The van der Waals surface area contributed by atoms with E-state index in [9.17, 15) is 13.2 Å². The summed E-state index contributed by atoms with van der Waals surface area (Å²) in [5, 5.41) is 0. The number of halogens is 3. The van der Waals surface area contributed by atoms with Crippen molar-refractivity contribution in [1.29, 1.82) is 0 Å². The van der Waals surface area contributed by atoms with Crippen molar-refractivity contribution in [1.82, 2.24) is 4.90 Å². The van der Waals surface area contributed by atoms with E-state index in [-0.39, 0.29) is 32.7 Å². The molecule has 185 valence electrons. The quantitative estimate of drug-likeness (QED) is 0.260. The number of alkyl halides is 3. The molecule has 1 unspecified atom stereocenters. The van der Waals surface area contributed by atoms with Crippen LogP contribution in [0.25, 0.3) is 0 Å². The molecule has 0 amide bonds. The van der Waals surface area contributed by atoms with E-state index in [1.807, 2.05) is 24.3 Å². The van der Waals surface area contributed by atoms with Crippen LogP contribution in [0.5, 0.6) is 5.75 Å². The van der Waals surface area contributed by atoms with Crippen molar-refractivity contribution in [2.24, 2.45) is 0 Å². The summed E-state index contributed by atoms with van der Waals surface area (Å²) in [6, 6.07) is 16.6. The second-order valence-electron chi connectivity index (χ2n) is 9.53. The Morgan fingerprint density at radius 2 is 1.59 bits per heavy atom. The van der Waals surface area contributed by atoms with Gasteiger partial charge in [-0.05, 0) is 44.2 Å². The van der Waals surface area contributed by atoms with Crippen LogP contribution in [0.4, 0.5) is 13.2 Å². The average molecular weight is 553 g/mol. The number of hydrogen-bond donors (Lipinski definition) is 0. The fourth-order valence-electron chi connectivity index (χ4n) is 4.98. The zero-order chi connectivity index (χ0) is 23.7. The maximum atomic E-state index is 12.9. The number of benzene rings is 2. The molecule has 1 heterocycles. The van der Waals surface area contributed by atoms with Gasteiger partial charge in [-0.2, -0.15) is 13.2 Å². The molecule has 0 aromatic heterocycles. The topological polar surface area (TPSA) is 12.5 Å². The summed E-state index contributed by atoms with van der Waals surface area (Å²) in [7, 11) is 0. The molecule has 0 saturated carbocycles. The van der Waals surface area contributed by atoms with Crippen molar-refractivity contribution >= 4 is 0 Å². The molecule has 1 atom stereocenters. The van der Waals surface area contributed by atoms with Crippen LogP contribution in [0.15, 0.2) is 48.5 Å². The molecule has 0 spiro atoms. The Bertz CT molecular complexity index is 842. The van der Waals surface area contributed by atoms with E-state index in [4.69, 9.17) is 4.74 Å². The van der Waals surface area contributed by atoms with Gasteiger partial charge in [0.1, 0.15) is 12.3 Å². The molecule has 0 N–H and O–H groups in total. The summed E-state index contributed by atoms with van der Waals surface area (Å²) >= 11 is 0. The molecule has 1 aliphatic heterocycles. The first kappa shape index (κ1) is 29.3. The van der Waals surface area contributed by atoms with Crippen molar-refractivity contribution in [2.75, 3.05) is 45.9 Å². The fourth-order valence-corrected chi connectivity index (χ4v) is 4.98. The van der Waals surface area contributed by atoms with E-state index in [1.54, 1.807) is 4.90 Å². The number of hydrogen-bond acceptors (Lipinski definition) is 2. The number of nitrogens with zero attached hydrogens (tertiary/aromatic N) is 2. The Morgan fingerprint density at radius 1 is 0.882 bits per heavy atom. The standard InChI is InChI=1S/C27H38F3N2O.Y/c1-23-11-9-12-24(2)26(23)33-20-8-4-7-17-32(21-25-13-5-3-6-14-25)18-10-15-31(16-19-32)22-27(28,29)30;/h3,5-6,9,11-14H,4,7-8,10,15-22H2,1-2H3;/q+1;. The molecule has 2 aromatic rings. The maximum absolute atomic E-state index is 12.9. The molecule has 7 heteroatoms. The van der Waals surface area contributed by atoms with Crippen molar-refractivity contribution in [3.8, 4) is 5.75 Å². The van der Waals surface area contributed by atoms with Crippen molar-refractivity contribution < 1.29 is 55.1 Å². The second kappa shape index (κ2) is 14.0. The second-order valence-corrected chi connectivity index (χ2v) is 9.53. The first-order chi connectivity index (χ1) is 15.8. The average Bonchev–Trinajstić information content (AvgIpc) is 2.94. The third-order valence-electron chi connectivity index (χ3n) is 6.69. The number of rotatable bonds is 10. The van der Waals surface area contributed by atoms with Gasteiger partial charge in [-0.3, -0.25) is 4.90 Å². The molecule has 0 bridgehead atoms. The van der Waals surface area contributed by atoms with Gasteiger partial charge in [-0.15, -0.1) is 0 Å². The minimum Gasteiger partial charge on any atom is -0.493 e. The van der Waals surface area contributed by atoms with Crippen LogP contribution in [0.1, 0.15) is 42.4 Å². The van der Waals surface area contributed by atoms with Crippen molar-refractivity contribution in [3.63, 3.8) is 0 Å². The van der Waals surface area contributed by atoms with Crippen LogP contribution in [0.2, 0.25) is 0 Å². The van der Waals surface area contributed by atoms with E-state index in [1.165, 1.54) is 5.56 Å². The summed E-state index contributed by atoms with van der Waals surface area (Å²) in [6.45, 7) is 8.66. The Kier molecular flexibility index (Phi) is 12.0. The molecule has 1 saturated heterocycles. The molecule has 1 aliphatic rings. The van der Waals surface area contributed by atoms with Gasteiger partial charge in [-0.25, -0.2) is 0 Å². The predicted octanol–water partition coefficient (Wildman–Crippen LogP) is 6.14. The first-order valence-corrected chi connectivity index (χ1v) is 12.1. The molecular formula is C27H38F3N2OY+. The third-order valence-corrected chi connectivity index (χ3v) is 6.69. The Balaban J connectivity index is 0.00000408. The van der Waals surface area contributed by atoms with Crippen LogP contribution in [-0.2, 0) is 39.3 Å². The number of aryl methyl sites for hydroxylation is 2. The van der Waals surface area contributed by atoms with E-state index < -0.39 is 12.7 Å². The SMILES string of the molecule is Cc1cccc(C)c1OCCCCC[N+]1(Cc2ccccc2)CCCN(CC(F)(F)F)CC1.[Y]. The summed E-state index contributed by atoms with van der Waals surface area (Å²) in [5.74, 6) is 0.988. The van der Waals surface area contributed by atoms with Gasteiger partial charge in [0.2, 0.25) is 0 Å². The summed E-state index contributed by atoms with van der Waals surface area (Å²) in [4.78, 5) is 1.59. The van der Waals surface area contributed by atoms with Crippen molar-refractivity contribution in [3.05, 3.63) is 65.2 Å². The van der Waals surface area contributed by atoms with Crippen LogP contribution >= 0.6 is 0 Å². The summed E-state index contributed by atoms with van der Waals surface area (Å²) in [6.07, 6.45) is -0.221. The van der Waals surface area contributed by atoms with Gasteiger partial charge in [0.25, 0.3) is 0 Å². The number of quaternary nitrogens is 1.